The lowest BCUT2D eigenvalue weighted by Gasteiger charge is -2.22. The zero-order valence-electron chi connectivity index (χ0n) is 21.9. The minimum atomic E-state index is -0.927. The first-order chi connectivity index (χ1) is 18.4. The summed E-state index contributed by atoms with van der Waals surface area (Å²) in [6, 6.07) is 7.21. The average molecular weight is 693 g/mol. The largest absolute Gasteiger partial charge is 0.490 e. The van der Waals surface area contributed by atoms with E-state index in [2.05, 4.69) is 15.8 Å². The zero-order chi connectivity index (χ0) is 29.1. The summed E-state index contributed by atoms with van der Waals surface area (Å²) in [5.74, 6) is -0.411. The number of halogens is 3. The maximum atomic E-state index is 12.9. The number of nitrogens with one attached hydrogen (secondary N) is 2. The van der Waals surface area contributed by atoms with Crippen molar-refractivity contribution in [3.8, 4) is 17.2 Å². The number of ether oxygens (including phenoxy) is 3. The van der Waals surface area contributed by atoms with Crippen LogP contribution in [0.1, 0.15) is 39.7 Å². The van der Waals surface area contributed by atoms with E-state index < -0.39 is 29.9 Å². The third kappa shape index (κ3) is 10.7. The van der Waals surface area contributed by atoms with E-state index in [4.69, 9.17) is 43.1 Å². The fourth-order valence-electron chi connectivity index (χ4n) is 3.26. The third-order valence-corrected chi connectivity index (χ3v) is 6.32. The Morgan fingerprint density at radius 3 is 2.41 bits per heavy atom. The number of nitrogens with two attached hydrogens (primary N) is 1. The Bertz CT molecular complexity index is 1210. The lowest BCUT2D eigenvalue weighted by molar-refractivity contribution is -0.132. The molecule has 0 unspecified atom stereocenters. The summed E-state index contributed by atoms with van der Waals surface area (Å²) >= 11 is 14.1. The normalized spacial score (nSPS) is 12.6. The van der Waals surface area contributed by atoms with Crippen LogP contribution >= 0.6 is 45.8 Å². The zero-order valence-corrected chi connectivity index (χ0v) is 25.6. The average Bonchev–Trinajstić information content (AvgIpc) is 2.84. The molecule has 39 heavy (non-hydrogen) atoms. The van der Waals surface area contributed by atoms with Crippen LogP contribution in [0.4, 0.5) is 0 Å². The van der Waals surface area contributed by atoms with Gasteiger partial charge in [-0.2, -0.15) is 5.10 Å². The van der Waals surface area contributed by atoms with Crippen LogP contribution in [0, 0.1) is 9.49 Å². The van der Waals surface area contributed by atoms with Gasteiger partial charge in [0.2, 0.25) is 0 Å². The molecule has 10 nitrogen and oxygen atoms in total. The van der Waals surface area contributed by atoms with E-state index in [1.165, 1.54) is 12.3 Å². The molecule has 2 aromatic rings. The van der Waals surface area contributed by atoms with E-state index in [-0.39, 0.29) is 17.5 Å². The molecular formula is C26H31Cl2IN4O6. The van der Waals surface area contributed by atoms with Crippen molar-refractivity contribution in [2.45, 2.75) is 46.3 Å². The molecule has 0 saturated carbocycles. The van der Waals surface area contributed by atoms with Crippen LogP contribution in [0.2, 0.25) is 10.0 Å². The summed E-state index contributed by atoms with van der Waals surface area (Å²) in [5.41, 5.74) is 8.26. The first kappa shape index (κ1) is 32.4. The van der Waals surface area contributed by atoms with Gasteiger partial charge in [0, 0.05) is 5.02 Å². The van der Waals surface area contributed by atoms with Crippen molar-refractivity contribution in [1.29, 1.82) is 0 Å². The molecule has 212 valence electrons. The minimum absolute atomic E-state index is 0.107. The Balaban J connectivity index is 2.09. The van der Waals surface area contributed by atoms with E-state index in [0.29, 0.717) is 44.4 Å². The number of primary amides is 1. The van der Waals surface area contributed by atoms with Gasteiger partial charge in [-0.05, 0) is 84.7 Å². The summed E-state index contributed by atoms with van der Waals surface area (Å²) in [5, 5.41) is 7.47. The first-order valence-electron chi connectivity index (χ1n) is 12.0. The van der Waals surface area contributed by atoms with Crippen molar-refractivity contribution in [1.82, 2.24) is 10.7 Å². The molecule has 0 heterocycles. The number of amides is 3. The number of hydrogen-bond donors (Lipinski definition) is 3. The smallest absolute Gasteiger partial charge is 0.262 e. The maximum Gasteiger partial charge on any atom is 0.262 e. The van der Waals surface area contributed by atoms with Crippen molar-refractivity contribution in [3.63, 3.8) is 0 Å². The maximum absolute atomic E-state index is 12.9. The molecule has 0 spiro atoms. The van der Waals surface area contributed by atoms with Crippen LogP contribution in [-0.2, 0) is 14.4 Å². The number of hydrogen-bond acceptors (Lipinski definition) is 7. The van der Waals surface area contributed by atoms with Crippen molar-refractivity contribution in [2.24, 2.45) is 16.8 Å². The Labute approximate surface area is 251 Å². The standard InChI is InChI=1S/C26H31Cl2IN4O6/c1-5-37-22-10-16(9-19(29)24(22)38-13-23(30)34)12-31-33-26(36)20(8-14(2)3)32-25(35)15(4)39-21-7-6-17(27)11-18(21)28/h6-7,9-12,14-15,20H,5,8,13H2,1-4H3,(H2,30,34)(H,32,35)(H,33,36)/b31-12-/t15-,20-/m1/s1. The van der Waals surface area contributed by atoms with Crippen LogP contribution in [0.5, 0.6) is 17.2 Å². The Hall–Kier alpha value is -2.77. The van der Waals surface area contributed by atoms with Gasteiger partial charge < -0.3 is 25.3 Å². The number of benzene rings is 2. The molecule has 2 rings (SSSR count). The fourth-order valence-corrected chi connectivity index (χ4v) is 4.50. The van der Waals surface area contributed by atoms with Gasteiger partial charge in [-0.3, -0.25) is 14.4 Å². The molecule has 0 aliphatic heterocycles. The molecule has 0 bridgehead atoms. The Kier molecular flexibility index (Phi) is 13.1. The van der Waals surface area contributed by atoms with Gasteiger partial charge in [-0.1, -0.05) is 37.0 Å². The number of carbonyl (C=O) groups excluding carboxylic acids is 3. The highest BCUT2D eigenvalue weighted by atomic mass is 127. The van der Waals surface area contributed by atoms with Crippen LogP contribution < -0.4 is 30.7 Å². The second kappa shape index (κ2) is 15.7. The first-order valence-corrected chi connectivity index (χ1v) is 13.9. The molecule has 4 N–H and O–H groups in total. The van der Waals surface area contributed by atoms with Crippen LogP contribution in [0.15, 0.2) is 35.4 Å². The summed E-state index contributed by atoms with van der Waals surface area (Å²) in [7, 11) is 0. The van der Waals surface area contributed by atoms with Gasteiger partial charge in [0.25, 0.3) is 17.7 Å². The predicted octanol–water partition coefficient (Wildman–Crippen LogP) is 4.31. The summed E-state index contributed by atoms with van der Waals surface area (Å²) in [6.07, 6.45) is 0.881. The Morgan fingerprint density at radius 2 is 1.79 bits per heavy atom. The number of rotatable bonds is 14. The van der Waals surface area contributed by atoms with Gasteiger partial charge in [-0.25, -0.2) is 5.43 Å². The van der Waals surface area contributed by atoms with Crippen molar-refractivity contribution < 1.29 is 28.6 Å². The van der Waals surface area contributed by atoms with E-state index in [1.54, 1.807) is 31.2 Å². The monoisotopic (exact) mass is 692 g/mol. The van der Waals surface area contributed by atoms with E-state index in [1.807, 2.05) is 43.4 Å². The number of nitrogens with zero attached hydrogens (tertiary/aromatic N) is 1. The molecule has 2 aromatic carbocycles. The summed E-state index contributed by atoms with van der Waals surface area (Å²) in [6.45, 7) is 7.30. The van der Waals surface area contributed by atoms with Crippen molar-refractivity contribution >= 4 is 69.7 Å². The van der Waals surface area contributed by atoms with Gasteiger partial charge in [-0.15, -0.1) is 0 Å². The van der Waals surface area contributed by atoms with Crippen molar-refractivity contribution in [3.05, 3.63) is 49.5 Å². The highest BCUT2D eigenvalue weighted by molar-refractivity contribution is 14.1. The lowest BCUT2D eigenvalue weighted by Crippen LogP contribution is -2.49. The molecule has 0 fully saturated rings. The number of carbonyl (C=O) groups is 3. The van der Waals surface area contributed by atoms with Crippen LogP contribution in [0.25, 0.3) is 0 Å². The minimum Gasteiger partial charge on any atom is -0.490 e. The fraction of sp³-hybridized carbons (Fsp3) is 0.385. The number of hydrazone groups is 1. The third-order valence-electron chi connectivity index (χ3n) is 4.99. The lowest BCUT2D eigenvalue weighted by atomic mass is 10.0. The summed E-state index contributed by atoms with van der Waals surface area (Å²) < 4.78 is 17.4. The van der Waals surface area contributed by atoms with Crippen LogP contribution in [0.3, 0.4) is 0 Å². The molecule has 3 amide bonds. The van der Waals surface area contributed by atoms with Crippen molar-refractivity contribution in [2.75, 3.05) is 13.2 Å². The predicted molar refractivity (Wildman–Crippen MR) is 159 cm³/mol. The van der Waals surface area contributed by atoms with Gasteiger partial charge in [0.1, 0.15) is 11.8 Å². The molecule has 0 saturated heterocycles. The highest BCUT2D eigenvalue weighted by Gasteiger charge is 2.25. The van der Waals surface area contributed by atoms with Gasteiger partial charge in [0.15, 0.2) is 24.2 Å². The van der Waals surface area contributed by atoms with E-state index in [0.717, 1.165) is 0 Å². The molecule has 0 aliphatic carbocycles. The molecule has 0 radical (unpaired) electrons. The molecular weight excluding hydrogens is 662 g/mol. The molecule has 0 aromatic heterocycles. The summed E-state index contributed by atoms with van der Waals surface area (Å²) in [4.78, 5) is 36.8. The second-order valence-electron chi connectivity index (χ2n) is 8.78. The SMILES string of the molecule is CCOc1cc(/C=N\NC(=O)[C@@H](CC(C)C)NC(=O)[C@@H](C)Oc2ccc(Cl)cc2Cl)cc(I)c1OCC(N)=O. The van der Waals surface area contributed by atoms with Crippen LogP contribution in [-0.4, -0.2) is 49.3 Å². The van der Waals surface area contributed by atoms with Gasteiger partial charge in [0.05, 0.1) is 21.4 Å². The Morgan fingerprint density at radius 1 is 1.08 bits per heavy atom. The van der Waals surface area contributed by atoms with E-state index >= 15 is 0 Å². The molecule has 13 heteroatoms. The highest BCUT2D eigenvalue weighted by Crippen LogP contribution is 2.34. The second-order valence-corrected chi connectivity index (χ2v) is 10.8. The van der Waals surface area contributed by atoms with Gasteiger partial charge >= 0.3 is 0 Å². The topological polar surface area (TPSA) is 141 Å². The van der Waals surface area contributed by atoms with E-state index in [9.17, 15) is 14.4 Å². The molecule has 0 aliphatic rings. The quantitative estimate of drug-likeness (QED) is 0.153. The molecule has 2 atom stereocenters.